The van der Waals surface area contributed by atoms with Crippen LogP contribution in [0, 0.1) is 24.4 Å². The number of ether oxygens (including phenoxy) is 5. The quantitative estimate of drug-likeness (QED) is 0.125. The minimum Gasteiger partial charge on any atom is -0.506 e. The van der Waals surface area contributed by atoms with E-state index in [1.54, 1.807) is 31.5 Å². The number of aromatic hydroxyl groups is 1. The molecule has 1 amide bonds. The van der Waals surface area contributed by atoms with Gasteiger partial charge in [0.25, 0.3) is 5.91 Å². The zero-order valence-corrected chi connectivity index (χ0v) is 40.8. The predicted molar refractivity (Wildman–Crippen MR) is 270 cm³/mol. The van der Waals surface area contributed by atoms with Crippen LogP contribution in [0.2, 0.25) is 0 Å². The molecule has 376 valence electrons. The number of benzene rings is 3. The van der Waals surface area contributed by atoms with Crippen LogP contribution in [0.25, 0.3) is 22.4 Å². The van der Waals surface area contributed by atoms with Crippen LogP contribution in [0.3, 0.4) is 0 Å². The van der Waals surface area contributed by atoms with Gasteiger partial charge in [0, 0.05) is 53.6 Å². The number of rotatable bonds is 6. The van der Waals surface area contributed by atoms with Crippen molar-refractivity contribution in [3.8, 4) is 29.3 Å². The molecule has 10 aliphatic rings. The number of carbonyl (C=O) groups is 2. The molecule has 3 aromatic rings. The summed E-state index contributed by atoms with van der Waals surface area (Å²) in [6, 6.07) is 5.37. The molecule has 5 heterocycles. The van der Waals surface area contributed by atoms with Crippen molar-refractivity contribution in [2.75, 3.05) is 26.9 Å². The molecule has 0 radical (unpaired) electrons. The van der Waals surface area contributed by atoms with Crippen LogP contribution in [0.15, 0.2) is 69.9 Å². The summed E-state index contributed by atoms with van der Waals surface area (Å²) in [6.07, 6.45) is 19.5. The van der Waals surface area contributed by atoms with Crippen molar-refractivity contribution in [1.29, 1.82) is 0 Å². The Bertz CT molecular complexity index is 3160. The number of aryl methyl sites for hydroxylation is 1. The summed E-state index contributed by atoms with van der Waals surface area (Å²) in [4.78, 5) is 35.9. The molecule has 2 saturated carbocycles. The number of phenols is 1. The van der Waals surface area contributed by atoms with Gasteiger partial charge >= 0.3 is 0 Å². The SMILES string of the molecule is COc1c2c3c4c(O)c(c5c6c4c1CCC6=CC1CCCC51)C(=O)CN1Cc4c(cccc4C1=O)CC#COC1C(O)C(COC(C4=C5[CH+]C(CCC6(O)CCCCC6)=CC=C5N=C4)C=C2)OC(O3)C1(O)CO. The number of aliphatic imine (C=N–C) groups is 1. The molecule has 5 aliphatic heterocycles. The number of allylic oxidation sites excluding steroid dienone is 6. The van der Waals surface area contributed by atoms with Crippen molar-refractivity contribution < 1.29 is 58.8 Å². The topological polar surface area (TPSA) is 197 Å². The van der Waals surface area contributed by atoms with E-state index in [2.05, 4.69) is 24.5 Å². The zero-order valence-electron chi connectivity index (χ0n) is 40.8. The monoisotopic (exact) mass is 987 g/mol. The molecule has 1 saturated heterocycles. The lowest BCUT2D eigenvalue weighted by Crippen LogP contribution is -2.70. The highest BCUT2D eigenvalue weighted by atomic mass is 16.7. The number of aliphatic hydroxyl groups excluding tert-OH is 2. The lowest BCUT2D eigenvalue weighted by Gasteiger charge is -2.47. The first-order valence-corrected chi connectivity index (χ1v) is 26.1. The van der Waals surface area contributed by atoms with Gasteiger partial charge in [-0.1, -0.05) is 49.8 Å². The molecule has 8 atom stereocenters. The number of aliphatic hydroxyl groups is 4. The molecule has 5 N–H and O–H groups in total. The van der Waals surface area contributed by atoms with Gasteiger partial charge in [-0.2, -0.15) is 4.99 Å². The molecule has 3 aromatic carbocycles. The van der Waals surface area contributed by atoms with Crippen molar-refractivity contribution in [1.82, 2.24) is 4.90 Å². The highest BCUT2D eigenvalue weighted by molar-refractivity contribution is 6.17. The standard InChI is InChI=1S/C59H58N2O12/c1-69-53-37-15-14-34-25-33-9-6-11-35(33)47-46(34)48(37)50-52(65)49(47)43(63)28-61-27-41-32(8-5-12-36(41)56(61)66)10-7-23-70-55-51(64)45-29-71-44(18-16-38(53)54(50)73-57(72-45)59(55,68)30-62)40-26-60-42-17-13-31(24-39(40)42)19-22-58(67)20-3-2-4-21-58/h5,8,12-13,16-18,24-26,33,35,44-45,51,55,57,62,64,67-68H,2-4,6,9-11,14-15,19-22,27-30H2,1H3/p+1. The van der Waals surface area contributed by atoms with E-state index < -0.39 is 54.3 Å². The Morgan fingerprint density at radius 1 is 1.01 bits per heavy atom. The van der Waals surface area contributed by atoms with E-state index in [1.165, 1.54) is 4.90 Å². The maximum atomic E-state index is 15.4. The van der Waals surface area contributed by atoms with Gasteiger partial charge in [-0.25, -0.2) is 0 Å². The number of Topliss-reactive ketones (excluding diaryl/α,β-unsaturated/α-hetero) is 1. The lowest BCUT2D eigenvalue weighted by atomic mass is 9.69. The van der Waals surface area contributed by atoms with Gasteiger partial charge in [-0.3, -0.25) is 9.59 Å². The number of carbonyl (C=O) groups excluding carboxylic acids is 2. The van der Waals surface area contributed by atoms with Crippen molar-refractivity contribution in [2.45, 2.75) is 138 Å². The number of ketones is 1. The number of phenolic OH excluding ortho intramolecular Hbond substituents is 1. The third-order valence-electron chi connectivity index (χ3n) is 17.6. The lowest BCUT2D eigenvalue weighted by molar-refractivity contribution is -0.327. The van der Waals surface area contributed by atoms with E-state index >= 15 is 4.79 Å². The van der Waals surface area contributed by atoms with Crippen LogP contribution < -0.4 is 9.47 Å². The molecular formula is C59H59N2O12+. The second-order valence-corrected chi connectivity index (χ2v) is 21.7. The fourth-order valence-electron chi connectivity index (χ4n) is 13.8. The average Bonchev–Trinajstić information content (AvgIpc) is 4.13. The molecule has 3 fully saturated rings. The predicted octanol–water partition coefficient (Wildman–Crippen LogP) is 7.01. The Hall–Kier alpha value is -6.18. The molecule has 0 spiro atoms. The molecular weight excluding hydrogens is 929 g/mol. The molecule has 73 heavy (non-hydrogen) atoms. The highest BCUT2D eigenvalue weighted by Crippen LogP contribution is 2.60. The van der Waals surface area contributed by atoms with Gasteiger partial charge in [0.1, 0.15) is 47.2 Å². The van der Waals surface area contributed by atoms with E-state index in [9.17, 15) is 30.3 Å². The van der Waals surface area contributed by atoms with Gasteiger partial charge in [-0.15, -0.1) is 0 Å². The molecule has 14 nitrogen and oxygen atoms in total. The third-order valence-corrected chi connectivity index (χ3v) is 17.6. The summed E-state index contributed by atoms with van der Waals surface area (Å²) in [7, 11) is 1.57. The summed E-state index contributed by atoms with van der Waals surface area (Å²) in [5, 5.41) is 61.8. The Labute approximate surface area is 423 Å². The van der Waals surface area contributed by atoms with Crippen LogP contribution in [0.4, 0.5) is 0 Å². The maximum Gasteiger partial charge on any atom is 0.254 e. The minimum atomic E-state index is -2.47. The zero-order chi connectivity index (χ0) is 49.9. The van der Waals surface area contributed by atoms with Crippen LogP contribution in [-0.4, -0.2) is 117 Å². The van der Waals surface area contributed by atoms with E-state index in [0.29, 0.717) is 47.9 Å². The van der Waals surface area contributed by atoms with Crippen molar-refractivity contribution in [3.05, 3.63) is 116 Å². The Morgan fingerprint density at radius 3 is 2.71 bits per heavy atom. The number of methoxy groups -OCH3 is 1. The molecule has 5 aliphatic carbocycles. The minimum absolute atomic E-state index is 0.00247. The van der Waals surface area contributed by atoms with E-state index in [0.717, 1.165) is 107 Å². The fourth-order valence-corrected chi connectivity index (χ4v) is 13.8. The normalized spacial score (nSPS) is 30.3. The second kappa shape index (κ2) is 17.8. The van der Waals surface area contributed by atoms with E-state index in [-0.39, 0.29) is 66.3 Å². The van der Waals surface area contributed by atoms with Gasteiger partial charge in [-0.05, 0) is 109 Å². The Morgan fingerprint density at radius 2 is 1.88 bits per heavy atom. The summed E-state index contributed by atoms with van der Waals surface area (Å²) >= 11 is 0. The van der Waals surface area contributed by atoms with E-state index in [1.807, 2.05) is 24.3 Å². The number of hydrogen-bond acceptors (Lipinski definition) is 13. The molecule has 8 unspecified atom stereocenters. The third kappa shape index (κ3) is 7.36. The first-order valence-electron chi connectivity index (χ1n) is 26.1. The largest absolute Gasteiger partial charge is 0.506 e. The first-order chi connectivity index (χ1) is 35.5. The van der Waals surface area contributed by atoms with Gasteiger partial charge in [0.05, 0.1) is 60.8 Å². The van der Waals surface area contributed by atoms with Gasteiger partial charge in [0.2, 0.25) is 6.29 Å². The summed E-state index contributed by atoms with van der Waals surface area (Å²) in [5.41, 5.74) is 6.06. The van der Waals surface area contributed by atoms with Crippen molar-refractivity contribution >= 4 is 40.3 Å². The highest BCUT2D eigenvalue weighted by Gasteiger charge is 2.59. The number of amides is 1. The average molecular weight is 988 g/mol. The second-order valence-electron chi connectivity index (χ2n) is 21.7. The number of hydrogen-bond donors (Lipinski definition) is 5. The number of fused-ring (bicyclic) bond motifs is 8. The maximum absolute atomic E-state index is 15.4. The Balaban J connectivity index is 1.02. The molecule has 14 heteroatoms. The van der Waals surface area contributed by atoms with Crippen LogP contribution in [0.5, 0.6) is 17.2 Å². The van der Waals surface area contributed by atoms with Crippen LogP contribution in [0.1, 0.15) is 131 Å². The van der Waals surface area contributed by atoms with Crippen LogP contribution in [-0.2, 0) is 33.6 Å². The summed E-state index contributed by atoms with van der Waals surface area (Å²) in [6.45, 7) is -1.40. The van der Waals surface area contributed by atoms with Gasteiger partial charge in [0.15, 0.2) is 23.2 Å². The number of nitrogens with zero attached hydrogens (tertiary/aromatic N) is 2. The van der Waals surface area contributed by atoms with Gasteiger partial charge < -0.3 is 54.1 Å². The fraction of sp³-hybridized carbons (Fsp3) is 0.458. The Kier molecular flexibility index (Phi) is 11.3. The van der Waals surface area contributed by atoms with Crippen molar-refractivity contribution in [3.63, 3.8) is 0 Å². The smallest absolute Gasteiger partial charge is 0.254 e. The molecule has 8 bridgehead atoms. The first kappa shape index (κ1) is 46.6. The summed E-state index contributed by atoms with van der Waals surface area (Å²) in [5.74, 6) is 2.48. The molecule has 0 aromatic heterocycles. The van der Waals surface area contributed by atoms with Crippen molar-refractivity contribution in [2.24, 2.45) is 10.9 Å². The van der Waals surface area contributed by atoms with E-state index in [4.69, 9.17) is 28.7 Å². The molecule has 13 rings (SSSR count). The van der Waals surface area contributed by atoms with Crippen LogP contribution >= 0.6 is 0 Å². The summed E-state index contributed by atoms with van der Waals surface area (Å²) < 4.78 is 32.9.